The third-order valence-corrected chi connectivity index (χ3v) is 2.51. The third kappa shape index (κ3) is 4.27. The molecule has 0 aliphatic carbocycles. The highest BCUT2D eigenvalue weighted by Gasteiger charge is 2.08. The second kappa shape index (κ2) is 6.99. The van der Waals surface area contributed by atoms with Crippen molar-refractivity contribution in [2.24, 2.45) is 0 Å². The van der Waals surface area contributed by atoms with E-state index in [1.165, 1.54) is 12.3 Å². The number of esters is 1. The number of amides is 1. The first-order valence-corrected chi connectivity index (χ1v) is 6.31. The van der Waals surface area contributed by atoms with Gasteiger partial charge < -0.3 is 10.1 Å². The minimum Gasteiger partial charge on any atom is -0.463 e. The number of carbonyl (C=O) groups excluding carboxylic acids is 2. The molecule has 7 heteroatoms. The quantitative estimate of drug-likeness (QED) is 0.643. The molecule has 0 spiro atoms. The second-order valence-corrected chi connectivity index (χ2v) is 4.02. The Morgan fingerprint density at radius 2 is 2.10 bits per heavy atom. The molecule has 0 aliphatic heterocycles. The summed E-state index contributed by atoms with van der Waals surface area (Å²) in [6.45, 7) is 2.09. The molecule has 0 atom stereocenters. The smallest absolute Gasteiger partial charge is 0.330 e. The van der Waals surface area contributed by atoms with Crippen LogP contribution in [0.15, 0.2) is 36.5 Å². The van der Waals surface area contributed by atoms with Gasteiger partial charge in [0, 0.05) is 11.8 Å². The van der Waals surface area contributed by atoms with Crippen LogP contribution in [0.5, 0.6) is 0 Å². The van der Waals surface area contributed by atoms with Crippen molar-refractivity contribution < 1.29 is 14.3 Å². The van der Waals surface area contributed by atoms with Crippen molar-refractivity contribution in [1.29, 1.82) is 0 Å². The molecule has 2 N–H and O–H groups in total. The molecule has 21 heavy (non-hydrogen) atoms. The van der Waals surface area contributed by atoms with E-state index in [2.05, 4.69) is 20.7 Å². The van der Waals surface area contributed by atoms with Gasteiger partial charge in [-0.15, -0.1) is 0 Å². The molecule has 0 bridgehead atoms. The number of anilines is 1. The predicted molar refractivity (Wildman–Crippen MR) is 76.4 cm³/mol. The fourth-order valence-corrected chi connectivity index (χ4v) is 1.54. The first-order chi connectivity index (χ1) is 10.2. The van der Waals surface area contributed by atoms with Gasteiger partial charge in [-0.05, 0) is 30.7 Å². The number of hydrogen-bond acceptors (Lipinski definition) is 5. The monoisotopic (exact) mass is 286 g/mol. The van der Waals surface area contributed by atoms with Gasteiger partial charge in [0.15, 0.2) is 5.69 Å². The first kappa shape index (κ1) is 14.4. The number of nitrogens with one attached hydrogen (secondary N) is 2. The van der Waals surface area contributed by atoms with E-state index >= 15 is 0 Å². The van der Waals surface area contributed by atoms with Gasteiger partial charge in [0.25, 0.3) is 5.91 Å². The number of benzene rings is 1. The van der Waals surface area contributed by atoms with Crippen molar-refractivity contribution in [1.82, 2.24) is 15.4 Å². The summed E-state index contributed by atoms with van der Waals surface area (Å²) in [5.74, 6) is -0.737. The molecule has 0 saturated carbocycles. The zero-order valence-corrected chi connectivity index (χ0v) is 11.4. The zero-order chi connectivity index (χ0) is 15.1. The fourth-order valence-electron chi connectivity index (χ4n) is 1.54. The SMILES string of the molecule is CCOC(=O)/C=C/c1ccc(NC(=O)c2cn[nH]n2)cc1. The van der Waals surface area contributed by atoms with Crippen LogP contribution in [-0.2, 0) is 9.53 Å². The Balaban J connectivity index is 1.96. The van der Waals surface area contributed by atoms with Crippen LogP contribution in [0.4, 0.5) is 5.69 Å². The molecule has 1 aromatic carbocycles. The van der Waals surface area contributed by atoms with Crippen molar-refractivity contribution >= 4 is 23.6 Å². The Hall–Kier alpha value is -2.96. The van der Waals surface area contributed by atoms with Gasteiger partial charge in [0.05, 0.1) is 12.8 Å². The molecule has 1 heterocycles. The fraction of sp³-hybridized carbons (Fsp3) is 0.143. The van der Waals surface area contributed by atoms with Gasteiger partial charge >= 0.3 is 5.97 Å². The Morgan fingerprint density at radius 1 is 1.33 bits per heavy atom. The van der Waals surface area contributed by atoms with Gasteiger partial charge in [-0.1, -0.05) is 12.1 Å². The van der Waals surface area contributed by atoms with Crippen LogP contribution in [0.1, 0.15) is 23.0 Å². The average molecular weight is 286 g/mol. The Labute approximate surface area is 121 Å². The number of ether oxygens (including phenoxy) is 1. The summed E-state index contributed by atoms with van der Waals surface area (Å²) in [5, 5.41) is 12.3. The number of nitrogens with zero attached hydrogens (tertiary/aromatic N) is 2. The van der Waals surface area contributed by atoms with Crippen molar-refractivity contribution in [3.63, 3.8) is 0 Å². The Kier molecular flexibility index (Phi) is 4.81. The topological polar surface area (TPSA) is 97.0 Å². The summed E-state index contributed by atoms with van der Waals surface area (Å²) in [6, 6.07) is 6.99. The molecule has 2 aromatic rings. The molecule has 1 aromatic heterocycles. The molecule has 0 fully saturated rings. The number of carbonyl (C=O) groups is 2. The van der Waals surface area contributed by atoms with Crippen LogP contribution in [0.25, 0.3) is 6.08 Å². The molecule has 7 nitrogen and oxygen atoms in total. The number of hydrogen-bond donors (Lipinski definition) is 2. The van der Waals surface area contributed by atoms with Crippen molar-refractivity contribution in [2.45, 2.75) is 6.92 Å². The van der Waals surface area contributed by atoms with Crippen LogP contribution < -0.4 is 5.32 Å². The van der Waals surface area contributed by atoms with Crippen molar-refractivity contribution in [2.75, 3.05) is 11.9 Å². The average Bonchev–Trinajstić information content (AvgIpc) is 3.01. The largest absolute Gasteiger partial charge is 0.463 e. The normalized spacial score (nSPS) is 10.5. The van der Waals surface area contributed by atoms with Crippen LogP contribution in [-0.4, -0.2) is 33.9 Å². The molecule has 1 amide bonds. The van der Waals surface area contributed by atoms with E-state index in [1.807, 2.05) is 0 Å². The molecule has 0 saturated heterocycles. The lowest BCUT2D eigenvalue weighted by atomic mass is 10.2. The summed E-state index contributed by atoms with van der Waals surface area (Å²) < 4.78 is 4.78. The molecular formula is C14H14N4O3. The summed E-state index contributed by atoms with van der Waals surface area (Å²) in [6.07, 6.45) is 4.33. The van der Waals surface area contributed by atoms with Crippen LogP contribution >= 0.6 is 0 Å². The minimum atomic E-state index is -0.388. The lowest BCUT2D eigenvalue weighted by molar-refractivity contribution is -0.137. The maximum atomic E-state index is 11.7. The van der Waals surface area contributed by atoms with E-state index in [9.17, 15) is 9.59 Å². The van der Waals surface area contributed by atoms with Gasteiger partial charge in [-0.25, -0.2) is 4.79 Å². The molecule has 0 aliphatic rings. The molecule has 0 radical (unpaired) electrons. The van der Waals surface area contributed by atoms with Crippen molar-refractivity contribution in [3.8, 4) is 0 Å². The number of aromatic amines is 1. The minimum absolute atomic E-state index is 0.210. The van der Waals surface area contributed by atoms with E-state index in [4.69, 9.17) is 4.74 Å². The summed E-state index contributed by atoms with van der Waals surface area (Å²) in [7, 11) is 0. The molecule has 2 rings (SSSR count). The Morgan fingerprint density at radius 3 is 2.71 bits per heavy atom. The summed E-state index contributed by atoms with van der Waals surface area (Å²) in [4.78, 5) is 22.9. The predicted octanol–water partition coefficient (Wildman–Crippen LogP) is 1.63. The van der Waals surface area contributed by atoms with Crippen LogP contribution in [0, 0.1) is 0 Å². The molecule has 0 unspecified atom stereocenters. The van der Waals surface area contributed by atoms with Gasteiger partial charge in [-0.3, -0.25) is 4.79 Å². The van der Waals surface area contributed by atoms with E-state index in [1.54, 1.807) is 37.3 Å². The van der Waals surface area contributed by atoms with Crippen LogP contribution in [0.2, 0.25) is 0 Å². The summed E-state index contributed by atoms with van der Waals surface area (Å²) >= 11 is 0. The standard InChI is InChI=1S/C14H14N4O3/c1-2-21-13(19)8-5-10-3-6-11(7-4-10)16-14(20)12-9-15-18-17-12/h3-9H,2H2,1H3,(H,16,20)(H,15,17,18)/b8-5+. The highest BCUT2D eigenvalue weighted by atomic mass is 16.5. The van der Waals surface area contributed by atoms with Gasteiger partial charge in [-0.2, -0.15) is 15.4 Å². The second-order valence-electron chi connectivity index (χ2n) is 4.02. The van der Waals surface area contributed by atoms with E-state index in [0.29, 0.717) is 12.3 Å². The Bertz CT molecular complexity index is 633. The van der Waals surface area contributed by atoms with E-state index < -0.39 is 0 Å². The van der Waals surface area contributed by atoms with Crippen molar-refractivity contribution in [3.05, 3.63) is 47.8 Å². The lowest BCUT2D eigenvalue weighted by Crippen LogP contribution is -2.12. The maximum absolute atomic E-state index is 11.7. The lowest BCUT2D eigenvalue weighted by Gasteiger charge is -2.03. The highest BCUT2D eigenvalue weighted by Crippen LogP contribution is 2.11. The summed E-state index contributed by atoms with van der Waals surface area (Å²) in [5.41, 5.74) is 1.65. The number of aromatic nitrogens is 3. The van der Waals surface area contributed by atoms with Gasteiger partial charge in [0.2, 0.25) is 0 Å². The third-order valence-electron chi connectivity index (χ3n) is 2.51. The zero-order valence-electron chi connectivity index (χ0n) is 11.4. The number of rotatable bonds is 5. The number of H-pyrrole nitrogens is 1. The van der Waals surface area contributed by atoms with Crippen LogP contribution in [0.3, 0.4) is 0 Å². The maximum Gasteiger partial charge on any atom is 0.330 e. The highest BCUT2D eigenvalue weighted by molar-refractivity contribution is 6.02. The first-order valence-electron chi connectivity index (χ1n) is 6.31. The van der Waals surface area contributed by atoms with E-state index in [0.717, 1.165) is 5.56 Å². The molecular weight excluding hydrogens is 272 g/mol. The van der Waals surface area contributed by atoms with E-state index in [-0.39, 0.29) is 17.6 Å². The van der Waals surface area contributed by atoms with Gasteiger partial charge in [0.1, 0.15) is 0 Å². The molecule has 108 valence electrons.